The maximum atomic E-state index is 12.5. The fraction of sp³-hybridized carbons (Fsp3) is 0.381. The van der Waals surface area contributed by atoms with Crippen LogP contribution in [-0.2, 0) is 14.8 Å². The summed E-state index contributed by atoms with van der Waals surface area (Å²) < 4.78 is 41.7. The maximum Gasteiger partial charge on any atom is 0.241 e. The lowest BCUT2D eigenvalue weighted by molar-refractivity contribution is -0.120. The van der Waals surface area contributed by atoms with Crippen LogP contribution in [0.4, 0.5) is 5.69 Å². The van der Waals surface area contributed by atoms with Gasteiger partial charge >= 0.3 is 0 Å². The van der Waals surface area contributed by atoms with Gasteiger partial charge in [0.25, 0.3) is 0 Å². The molecule has 2 aromatic rings. The average molecular weight is 437 g/mol. The molecule has 8 nitrogen and oxygen atoms in total. The summed E-state index contributed by atoms with van der Waals surface area (Å²) >= 11 is 0. The molecular weight excluding hydrogens is 408 g/mol. The molecule has 0 aliphatic rings. The van der Waals surface area contributed by atoms with Crippen molar-refractivity contribution in [2.75, 3.05) is 37.4 Å². The molecule has 0 heterocycles. The lowest BCUT2D eigenvalue weighted by Crippen LogP contribution is -2.44. The SMILES string of the molecule is CCOc1cccc(N(CC(=O)N[C@@H](C)COc2ccc(OC)cc2)S(C)(=O)=O)c1. The number of rotatable bonds is 11. The Bertz CT molecular complexity index is 931. The Morgan fingerprint density at radius 3 is 2.33 bits per heavy atom. The van der Waals surface area contributed by atoms with Gasteiger partial charge in [0.05, 0.1) is 31.7 Å². The van der Waals surface area contributed by atoms with E-state index in [9.17, 15) is 13.2 Å². The Morgan fingerprint density at radius 2 is 1.73 bits per heavy atom. The van der Waals surface area contributed by atoms with Crippen molar-refractivity contribution in [2.24, 2.45) is 0 Å². The Hall–Kier alpha value is -2.94. The normalized spacial score (nSPS) is 12.0. The molecule has 0 saturated heterocycles. The molecule has 2 rings (SSSR count). The number of nitrogens with one attached hydrogen (secondary N) is 1. The molecule has 164 valence electrons. The zero-order valence-electron chi connectivity index (χ0n) is 17.6. The predicted octanol–water partition coefficient (Wildman–Crippen LogP) is 2.44. The van der Waals surface area contributed by atoms with Gasteiger partial charge in [-0.1, -0.05) is 6.07 Å². The number of carbonyl (C=O) groups excluding carboxylic acids is 1. The molecule has 9 heteroatoms. The lowest BCUT2D eigenvalue weighted by atomic mass is 10.3. The minimum absolute atomic E-state index is 0.233. The number of anilines is 1. The van der Waals surface area contributed by atoms with Crippen LogP contribution in [0.3, 0.4) is 0 Å². The van der Waals surface area contributed by atoms with Crippen LogP contribution in [-0.4, -0.2) is 53.5 Å². The third kappa shape index (κ3) is 7.14. The largest absolute Gasteiger partial charge is 0.497 e. The van der Waals surface area contributed by atoms with E-state index in [0.717, 1.165) is 16.3 Å². The summed E-state index contributed by atoms with van der Waals surface area (Å²) in [5, 5.41) is 2.76. The van der Waals surface area contributed by atoms with Gasteiger partial charge in [-0.15, -0.1) is 0 Å². The van der Waals surface area contributed by atoms with Crippen molar-refractivity contribution >= 4 is 21.6 Å². The summed E-state index contributed by atoms with van der Waals surface area (Å²) in [6.07, 6.45) is 1.06. The molecule has 0 fully saturated rings. The summed E-state index contributed by atoms with van der Waals surface area (Å²) in [6, 6.07) is 13.4. The molecule has 0 bridgehead atoms. The van der Waals surface area contributed by atoms with Crippen LogP contribution in [0.5, 0.6) is 17.2 Å². The summed E-state index contributed by atoms with van der Waals surface area (Å²) in [7, 11) is -2.08. The zero-order chi connectivity index (χ0) is 22.1. The van der Waals surface area contributed by atoms with E-state index in [0.29, 0.717) is 23.8 Å². The Morgan fingerprint density at radius 1 is 1.07 bits per heavy atom. The van der Waals surface area contributed by atoms with Crippen molar-refractivity contribution in [3.05, 3.63) is 48.5 Å². The summed E-state index contributed by atoms with van der Waals surface area (Å²) in [6.45, 7) is 3.96. The van der Waals surface area contributed by atoms with Gasteiger partial charge in [-0.05, 0) is 50.2 Å². The first kappa shape index (κ1) is 23.3. The fourth-order valence-electron chi connectivity index (χ4n) is 2.68. The second kappa shape index (κ2) is 10.7. The lowest BCUT2D eigenvalue weighted by Gasteiger charge is -2.23. The molecule has 0 saturated carbocycles. The molecule has 0 spiro atoms. The highest BCUT2D eigenvalue weighted by atomic mass is 32.2. The van der Waals surface area contributed by atoms with Crippen molar-refractivity contribution in [1.29, 1.82) is 0 Å². The van der Waals surface area contributed by atoms with Crippen molar-refractivity contribution in [3.63, 3.8) is 0 Å². The van der Waals surface area contributed by atoms with E-state index in [2.05, 4.69) is 5.32 Å². The van der Waals surface area contributed by atoms with E-state index >= 15 is 0 Å². The number of carbonyl (C=O) groups is 1. The summed E-state index contributed by atoms with van der Waals surface area (Å²) in [5.41, 5.74) is 0.362. The first-order valence-corrected chi connectivity index (χ1v) is 11.3. The first-order valence-electron chi connectivity index (χ1n) is 9.49. The van der Waals surface area contributed by atoms with E-state index in [1.165, 1.54) is 0 Å². The predicted molar refractivity (Wildman–Crippen MR) is 116 cm³/mol. The molecule has 0 aliphatic carbocycles. The number of amides is 1. The fourth-order valence-corrected chi connectivity index (χ4v) is 3.53. The molecule has 1 amide bonds. The third-order valence-electron chi connectivity index (χ3n) is 4.07. The quantitative estimate of drug-likeness (QED) is 0.582. The minimum Gasteiger partial charge on any atom is -0.497 e. The van der Waals surface area contributed by atoms with Crippen molar-refractivity contribution < 1.29 is 27.4 Å². The Labute approximate surface area is 177 Å². The molecule has 1 N–H and O–H groups in total. The number of hydrogen-bond donors (Lipinski definition) is 1. The van der Waals surface area contributed by atoms with Crippen molar-refractivity contribution in [2.45, 2.75) is 19.9 Å². The van der Waals surface area contributed by atoms with Crippen LogP contribution in [0.2, 0.25) is 0 Å². The van der Waals surface area contributed by atoms with Crippen LogP contribution in [0.1, 0.15) is 13.8 Å². The van der Waals surface area contributed by atoms with Gasteiger partial charge in [-0.2, -0.15) is 0 Å². The summed E-state index contributed by atoms with van der Waals surface area (Å²) in [4.78, 5) is 12.5. The molecular formula is C21H28N2O6S. The maximum absolute atomic E-state index is 12.5. The van der Waals surface area contributed by atoms with Crippen LogP contribution < -0.4 is 23.8 Å². The van der Waals surface area contributed by atoms with Gasteiger partial charge in [0.2, 0.25) is 15.9 Å². The highest BCUT2D eigenvalue weighted by Gasteiger charge is 2.22. The number of methoxy groups -OCH3 is 1. The molecule has 0 aromatic heterocycles. The molecule has 30 heavy (non-hydrogen) atoms. The Kier molecular flexibility index (Phi) is 8.35. The topological polar surface area (TPSA) is 94.2 Å². The molecule has 0 aliphatic heterocycles. The monoisotopic (exact) mass is 436 g/mol. The highest BCUT2D eigenvalue weighted by Crippen LogP contribution is 2.23. The second-order valence-electron chi connectivity index (χ2n) is 6.66. The first-order chi connectivity index (χ1) is 14.2. The zero-order valence-corrected chi connectivity index (χ0v) is 18.4. The van der Waals surface area contributed by atoms with E-state index < -0.39 is 15.9 Å². The van der Waals surface area contributed by atoms with E-state index in [-0.39, 0.29) is 19.2 Å². The minimum atomic E-state index is -3.67. The van der Waals surface area contributed by atoms with E-state index in [1.807, 2.05) is 6.92 Å². The van der Waals surface area contributed by atoms with Gasteiger partial charge in [0.15, 0.2) is 0 Å². The van der Waals surface area contributed by atoms with Gasteiger partial charge in [0.1, 0.15) is 30.4 Å². The van der Waals surface area contributed by atoms with Gasteiger partial charge in [-0.25, -0.2) is 8.42 Å². The van der Waals surface area contributed by atoms with Gasteiger partial charge < -0.3 is 19.5 Å². The highest BCUT2D eigenvalue weighted by molar-refractivity contribution is 7.92. The van der Waals surface area contributed by atoms with E-state index in [4.69, 9.17) is 14.2 Å². The number of hydrogen-bond acceptors (Lipinski definition) is 6. The number of nitrogens with zero attached hydrogens (tertiary/aromatic N) is 1. The van der Waals surface area contributed by atoms with Gasteiger partial charge in [-0.3, -0.25) is 9.10 Å². The molecule has 0 radical (unpaired) electrons. The number of sulfonamides is 1. The van der Waals surface area contributed by atoms with E-state index in [1.54, 1.807) is 62.6 Å². The van der Waals surface area contributed by atoms with Crippen LogP contribution >= 0.6 is 0 Å². The van der Waals surface area contributed by atoms with Crippen LogP contribution in [0, 0.1) is 0 Å². The summed E-state index contributed by atoms with van der Waals surface area (Å²) in [5.74, 6) is 1.46. The molecule has 1 atom stereocenters. The van der Waals surface area contributed by atoms with Gasteiger partial charge in [0, 0.05) is 6.07 Å². The standard InChI is InChI=1S/C21H28N2O6S/c1-5-28-20-8-6-7-17(13-20)23(30(4,25)26)14-21(24)22-16(2)15-29-19-11-9-18(27-3)10-12-19/h6-13,16H,5,14-15H2,1-4H3,(H,22,24)/t16-/m0/s1. The number of ether oxygens (including phenoxy) is 3. The van der Waals surface area contributed by atoms with Crippen LogP contribution in [0.25, 0.3) is 0 Å². The number of benzene rings is 2. The Balaban J connectivity index is 1.97. The average Bonchev–Trinajstić information content (AvgIpc) is 2.70. The molecule has 0 unspecified atom stereocenters. The van der Waals surface area contributed by atoms with Crippen molar-refractivity contribution in [1.82, 2.24) is 5.32 Å². The smallest absolute Gasteiger partial charge is 0.241 e. The van der Waals surface area contributed by atoms with Crippen molar-refractivity contribution in [3.8, 4) is 17.2 Å². The molecule has 2 aromatic carbocycles. The second-order valence-corrected chi connectivity index (χ2v) is 8.56. The third-order valence-corrected chi connectivity index (χ3v) is 5.21. The van der Waals surface area contributed by atoms with Crippen LogP contribution in [0.15, 0.2) is 48.5 Å².